The lowest BCUT2D eigenvalue weighted by Gasteiger charge is -2.03. The van der Waals surface area contributed by atoms with E-state index in [0.29, 0.717) is 24.5 Å². The van der Waals surface area contributed by atoms with Crippen molar-refractivity contribution in [2.24, 2.45) is 0 Å². The standard InChI is InChI=1S/C11H12FNO3/c12-6-1-7-16-10-4-2-9(13-8-10)3-5-11(14)15/h2-5,8H,1,6-7H2,(H,14,15)/b5-3+. The van der Waals surface area contributed by atoms with Crippen LogP contribution in [0.4, 0.5) is 4.39 Å². The molecule has 4 nitrogen and oxygen atoms in total. The van der Waals surface area contributed by atoms with Crippen LogP contribution >= 0.6 is 0 Å². The van der Waals surface area contributed by atoms with Gasteiger partial charge in [0, 0.05) is 12.5 Å². The minimum atomic E-state index is -1.02. The Morgan fingerprint density at radius 3 is 2.94 bits per heavy atom. The van der Waals surface area contributed by atoms with Crippen LogP contribution in [0.1, 0.15) is 12.1 Å². The van der Waals surface area contributed by atoms with Crippen LogP contribution in [0.3, 0.4) is 0 Å². The van der Waals surface area contributed by atoms with Gasteiger partial charge in [-0.05, 0) is 18.2 Å². The van der Waals surface area contributed by atoms with Gasteiger partial charge >= 0.3 is 5.97 Å². The summed E-state index contributed by atoms with van der Waals surface area (Å²) >= 11 is 0. The molecule has 0 aliphatic rings. The molecule has 0 bridgehead atoms. The molecule has 0 fully saturated rings. The summed E-state index contributed by atoms with van der Waals surface area (Å²) in [7, 11) is 0. The van der Waals surface area contributed by atoms with E-state index in [0.717, 1.165) is 6.08 Å². The van der Waals surface area contributed by atoms with E-state index in [2.05, 4.69) is 4.98 Å². The average molecular weight is 225 g/mol. The predicted molar refractivity (Wildman–Crippen MR) is 57.0 cm³/mol. The smallest absolute Gasteiger partial charge is 0.328 e. The minimum absolute atomic E-state index is 0.308. The number of carbonyl (C=O) groups is 1. The molecule has 0 saturated carbocycles. The van der Waals surface area contributed by atoms with E-state index < -0.39 is 12.6 Å². The lowest BCUT2D eigenvalue weighted by atomic mass is 10.3. The molecule has 0 amide bonds. The maximum Gasteiger partial charge on any atom is 0.328 e. The van der Waals surface area contributed by atoms with Crippen molar-refractivity contribution >= 4 is 12.0 Å². The number of aliphatic carboxylic acids is 1. The Hall–Kier alpha value is -1.91. The molecule has 0 unspecified atom stereocenters. The summed E-state index contributed by atoms with van der Waals surface area (Å²) in [6, 6.07) is 3.29. The molecule has 0 aliphatic carbocycles. The van der Waals surface area contributed by atoms with Crippen LogP contribution in [0, 0.1) is 0 Å². The second-order valence-electron chi connectivity index (χ2n) is 2.98. The summed E-state index contributed by atoms with van der Waals surface area (Å²) in [5.41, 5.74) is 0.528. The van der Waals surface area contributed by atoms with Gasteiger partial charge in [0.05, 0.1) is 25.2 Å². The highest BCUT2D eigenvalue weighted by atomic mass is 19.1. The maximum absolute atomic E-state index is 11.8. The monoisotopic (exact) mass is 225 g/mol. The third-order valence-electron chi connectivity index (χ3n) is 1.70. The van der Waals surface area contributed by atoms with Gasteiger partial charge in [0.1, 0.15) is 5.75 Å². The lowest BCUT2D eigenvalue weighted by Crippen LogP contribution is -1.98. The van der Waals surface area contributed by atoms with Gasteiger partial charge in [0.25, 0.3) is 0 Å². The molecule has 86 valence electrons. The molecule has 1 rings (SSSR count). The predicted octanol–water partition coefficient (Wildman–Crippen LogP) is 1.92. The first-order chi connectivity index (χ1) is 7.72. The van der Waals surface area contributed by atoms with Crippen molar-refractivity contribution in [1.82, 2.24) is 4.98 Å². The number of ether oxygens (including phenoxy) is 1. The first-order valence-electron chi connectivity index (χ1n) is 4.78. The Labute approximate surface area is 92.4 Å². The zero-order chi connectivity index (χ0) is 11.8. The zero-order valence-corrected chi connectivity index (χ0v) is 8.60. The van der Waals surface area contributed by atoms with Gasteiger partial charge in [-0.3, -0.25) is 9.37 Å². The molecular formula is C11H12FNO3. The normalized spacial score (nSPS) is 10.6. The number of rotatable bonds is 6. The van der Waals surface area contributed by atoms with E-state index in [1.54, 1.807) is 12.1 Å². The number of hydrogen-bond donors (Lipinski definition) is 1. The molecular weight excluding hydrogens is 213 g/mol. The van der Waals surface area contributed by atoms with Crippen LogP contribution < -0.4 is 4.74 Å². The number of hydrogen-bond acceptors (Lipinski definition) is 3. The van der Waals surface area contributed by atoms with E-state index in [9.17, 15) is 9.18 Å². The van der Waals surface area contributed by atoms with Crippen LogP contribution in [0.15, 0.2) is 24.4 Å². The van der Waals surface area contributed by atoms with Gasteiger partial charge in [0.15, 0.2) is 0 Å². The molecule has 0 radical (unpaired) electrons. The fourth-order valence-corrected chi connectivity index (χ4v) is 0.977. The van der Waals surface area contributed by atoms with E-state index in [4.69, 9.17) is 9.84 Å². The van der Waals surface area contributed by atoms with Crippen molar-refractivity contribution in [3.63, 3.8) is 0 Å². The van der Waals surface area contributed by atoms with Crippen molar-refractivity contribution in [1.29, 1.82) is 0 Å². The molecule has 0 aromatic carbocycles. The second kappa shape index (κ2) is 6.55. The number of nitrogens with zero attached hydrogens (tertiary/aromatic N) is 1. The number of alkyl halides is 1. The molecule has 0 spiro atoms. The summed E-state index contributed by atoms with van der Waals surface area (Å²) in [5, 5.41) is 8.40. The highest BCUT2D eigenvalue weighted by Gasteiger charge is 1.95. The third-order valence-corrected chi connectivity index (χ3v) is 1.70. The third kappa shape index (κ3) is 4.54. The largest absolute Gasteiger partial charge is 0.492 e. The SMILES string of the molecule is O=C(O)/C=C/c1ccc(OCCCF)cn1. The quantitative estimate of drug-likeness (QED) is 0.593. The summed E-state index contributed by atoms with van der Waals surface area (Å²) in [6.07, 6.45) is 4.21. The van der Waals surface area contributed by atoms with Gasteiger partial charge in [-0.25, -0.2) is 4.79 Å². The lowest BCUT2D eigenvalue weighted by molar-refractivity contribution is -0.131. The Morgan fingerprint density at radius 1 is 1.56 bits per heavy atom. The van der Waals surface area contributed by atoms with Gasteiger partial charge in [0.2, 0.25) is 0 Å². The highest BCUT2D eigenvalue weighted by Crippen LogP contribution is 2.10. The Kier molecular flexibility index (Phi) is 4.98. The first-order valence-corrected chi connectivity index (χ1v) is 4.78. The second-order valence-corrected chi connectivity index (χ2v) is 2.98. The number of carboxylic acid groups (broad SMARTS) is 1. The minimum Gasteiger partial charge on any atom is -0.492 e. The number of carboxylic acids is 1. The summed E-state index contributed by atoms with van der Waals surface area (Å²) in [5.74, 6) is -0.481. The summed E-state index contributed by atoms with van der Waals surface area (Å²) in [4.78, 5) is 14.2. The van der Waals surface area contributed by atoms with Crippen molar-refractivity contribution < 1.29 is 19.0 Å². The van der Waals surface area contributed by atoms with E-state index in [1.807, 2.05) is 0 Å². The van der Waals surface area contributed by atoms with Gasteiger partial charge in [-0.15, -0.1) is 0 Å². The maximum atomic E-state index is 11.8. The molecule has 1 N–H and O–H groups in total. The van der Waals surface area contributed by atoms with Crippen LogP contribution in [0.5, 0.6) is 5.75 Å². The molecule has 0 aliphatic heterocycles. The fourth-order valence-electron chi connectivity index (χ4n) is 0.977. The molecule has 5 heteroatoms. The number of pyridine rings is 1. The molecule has 1 aromatic rings. The summed E-state index contributed by atoms with van der Waals surface area (Å²) in [6.45, 7) is -0.102. The van der Waals surface area contributed by atoms with Crippen LogP contribution in [0.25, 0.3) is 6.08 Å². The highest BCUT2D eigenvalue weighted by molar-refractivity contribution is 5.84. The summed E-state index contributed by atoms with van der Waals surface area (Å²) < 4.78 is 17.0. The van der Waals surface area contributed by atoms with E-state index >= 15 is 0 Å². The van der Waals surface area contributed by atoms with Crippen molar-refractivity contribution in [3.05, 3.63) is 30.1 Å². The Balaban J connectivity index is 2.51. The van der Waals surface area contributed by atoms with Gasteiger partial charge in [-0.2, -0.15) is 0 Å². The van der Waals surface area contributed by atoms with Crippen LogP contribution in [-0.4, -0.2) is 29.3 Å². The number of halogens is 1. The molecule has 1 heterocycles. The topological polar surface area (TPSA) is 59.4 Å². The molecule has 0 saturated heterocycles. The van der Waals surface area contributed by atoms with Crippen LogP contribution in [0.2, 0.25) is 0 Å². The fraction of sp³-hybridized carbons (Fsp3) is 0.273. The Morgan fingerprint density at radius 2 is 2.38 bits per heavy atom. The van der Waals surface area contributed by atoms with Crippen molar-refractivity contribution in [3.8, 4) is 5.75 Å². The van der Waals surface area contributed by atoms with E-state index in [-0.39, 0.29) is 0 Å². The zero-order valence-electron chi connectivity index (χ0n) is 8.60. The van der Waals surface area contributed by atoms with Crippen molar-refractivity contribution in [2.45, 2.75) is 6.42 Å². The van der Waals surface area contributed by atoms with Gasteiger partial charge in [-0.1, -0.05) is 0 Å². The molecule has 1 aromatic heterocycles. The van der Waals surface area contributed by atoms with Gasteiger partial charge < -0.3 is 9.84 Å². The average Bonchev–Trinajstić information content (AvgIpc) is 2.28. The first kappa shape index (κ1) is 12.2. The number of aromatic nitrogens is 1. The van der Waals surface area contributed by atoms with Crippen molar-refractivity contribution in [2.75, 3.05) is 13.3 Å². The molecule has 16 heavy (non-hydrogen) atoms. The molecule has 0 atom stereocenters. The van der Waals surface area contributed by atoms with E-state index in [1.165, 1.54) is 12.3 Å². The van der Waals surface area contributed by atoms with Crippen LogP contribution in [-0.2, 0) is 4.79 Å². The Bertz CT molecular complexity index is 362.